The molecule has 0 spiro atoms. The Hall–Kier alpha value is 1.79. The van der Waals surface area contributed by atoms with E-state index in [1.54, 1.807) is 0 Å². The Labute approximate surface area is 100 Å². The van der Waals surface area contributed by atoms with E-state index in [1.807, 2.05) is 0 Å². The van der Waals surface area contributed by atoms with Crippen LogP contribution in [0, 0.1) is 0 Å². The van der Waals surface area contributed by atoms with Crippen LogP contribution in [0.25, 0.3) is 0 Å². The molecule has 0 amide bonds. The van der Waals surface area contributed by atoms with Gasteiger partial charge in [-0.2, -0.15) is 0 Å². The summed E-state index contributed by atoms with van der Waals surface area (Å²) in [6, 6.07) is 0. The van der Waals surface area contributed by atoms with Crippen LogP contribution in [0.4, 0.5) is 0 Å². The van der Waals surface area contributed by atoms with E-state index in [4.69, 9.17) is 0 Å². The van der Waals surface area contributed by atoms with Crippen molar-refractivity contribution in [1.82, 2.24) is 0 Å². The van der Waals surface area contributed by atoms with E-state index in [0.717, 1.165) is 0 Å². The van der Waals surface area contributed by atoms with Gasteiger partial charge in [-0.05, 0) is 0 Å². The molecule has 0 radical (unpaired) electrons. The minimum absolute atomic E-state index is 0. The summed E-state index contributed by atoms with van der Waals surface area (Å²) in [5, 5.41) is 0. The van der Waals surface area contributed by atoms with Gasteiger partial charge in [0.1, 0.15) is 0 Å². The van der Waals surface area contributed by atoms with Crippen LogP contribution in [0.1, 0.15) is 0 Å². The second-order valence-electron chi connectivity index (χ2n) is 0. The maximum absolute atomic E-state index is 0. The van der Waals surface area contributed by atoms with Crippen LogP contribution in [0.2, 0.25) is 0 Å². The molecule has 0 aliphatic rings. The van der Waals surface area contributed by atoms with Crippen LogP contribution >= 0.6 is 0 Å². The van der Waals surface area contributed by atoms with Gasteiger partial charge in [-0.3, -0.25) is 0 Å². The third kappa shape index (κ3) is 112. The van der Waals surface area contributed by atoms with Crippen molar-refractivity contribution < 1.29 is 81.7 Å². The molecule has 0 rings (SSSR count). The Bertz CT molecular complexity index is 10.4. The van der Waals surface area contributed by atoms with Gasteiger partial charge in [0.05, 0.1) is 0 Å². The van der Waals surface area contributed by atoms with Gasteiger partial charge in [0.25, 0.3) is 0 Å². The summed E-state index contributed by atoms with van der Waals surface area (Å²) in [5.74, 6) is 0. The largest absolute Gasteiger partial charge is 2.00 e. The van der Waals surface area contributed by atoms with Crippen LogP contribution in [0.5, 0.6) is 0 Å². The van der Waals surface area contributed by atoms with E-state index in [2.05, 4.69) is 0 Å². The first-order valence-corrected chi connectivity index (χ1v) is 0. The minimum Gasteiger partial charge on any atom is -1.00 e. The zero-order valence-electron chi connectivity index (χ0n) is 4.30. The van der Waals surface area contributed by atoms with Gasteiger partial charge in [-0.15, -0.1) is 0 Å². The smallest absolute Gasteiger partial charge is 1.00 e. The Morgan fingerprint density at radius 3 is 0.375 bits per heavy atom. The van der Waals surface area contributed by atoms with E-state index in [-0.39, 0.29) is 102 Å². The first-order chi connectivity index (χ1) is 0. The molecular weight excluding hydrogens is 198 g/mol. The van der Waals surface area contributed by atoms with Crippen LogP contribution in [-0.4, -0.2) is 20.2 Å². The van der Waals surface area contributed by atoms with Crippen LogP contribution < -0.4 is 81.7 Å². The molecule has 40 valence electrons. The van der Waals surface area contributed by atoms with Gasteiger partial charge in [-0.25, -0.2) is 0 Å². The van der Waals surface area contributed by atoms with Gasteiger partial charge < -0.3 is 23.5 Å². The molecule has 0 saturated carbocycles. The molecule has 0 aromatic carbocycles. The van der Waals surface area contributed by atoms with E-state index in [9.17, 15) is 0 Å². The van der Waals surface area contributed by atoms with Gasteiger partial charge in [0, 0.05) is 0 Å². The minimum atomic E-state index is 0. The molecule has 0 bridgehead atoms. The zero-order valence-corrected chi connectivity index (χ0v) is 9.22. The van der Waals surface area contributed by atoms with Crippen LogP contribution in [-0.2, 0) is 0 Å². The summed E-state index contributed by atoms with van der Waals surface area (Å²) in [7, 11) is 0. The van der Waals surface area contributed by atoms with Crippen molar-refractivity contribution in [2.24, 2.45) is 0 Å². The fourth-order valence-corrected chi connectivity index (χ4v) is 0. The molecule has 0 atom stereocenters. The fourth-order valence-electron chi connectivity index (χ4n) is 0. The molecule has 0 saturated heterocycles. The zero-order chi connectivity index (χ0) is 0. The summed E-state index contributed by atoms with van der Waals surface area (Å²) in [6.45, 7) is 0. The molecule has 0 fully saturated rings. The third-order valence-corrected chi connectivity index (χ3v) is 0. The summed E-state index contributed by atoms with van der Waals surface area (Å²) >= 11 is 0. The Kier molecular flexibility index (Phi) is 4890. The van der Waals surface area contributed by atoms with Crippen LogP contribution in [0.15, 0.2) is 0 Å². The van der Waals surface area contributed by atoms with Crippen molar-refractivity contribution in [2.75, 3.05) is 0 Å². The number of hydrogen-bond acceptors (Lipinski definition) is 0. The number of rotatable bonds is 0. The first kappa shape index (κ1) is 236. The summed E-state index contributed by atoms with van der Waals surface area (Å²) in [6.07, 6.45) is 0. The summed E-state index contributed by atoms with van der Waals surface area (Å²) in [4.78, 5) is 0. The average molecular weight is 198 g/mol. The van der Waals surface area contributed by atoms with E-state index in [0.29, 0.717) is 0 Å². The quantitative estimate of drug-likeness (QED) is 0.268. The van der Waals surface area contributed by atoms with E-state index < -0.39 is 0 Å². The molecule has 8 heavy (non-hydrogen) atoms. The average Bonchev–Trinajstić information content (AvgIpc) is 0. The summed E-state index contributed by atoms with van der Waals surface area (Å²) in [5.41, 5.74) is 0. The van der Waals surface area contributed by atoms with Crippen molar-refractivity contribution in [3.05, 3.63) is 0 Å². The predicted molar refractivity (Wildman–Crippen MR) is 11.5 cm³/mol. The summed E-state index contributed by atoms with van der Waals surface area (Å²) < 4.78 is 0. The van der Waals surface area contributed by atoms with Gasteiger partial charge in [0.15, 0.2) is 0 Å². The van der Waals surface area contributed by atoms with Gasteiger partial charge in [-0.1, -0.05) is 0 Å². The normalized spacial score (nSPS) is 0. The topological polar surface area (TPSA) is 0 Å². The molecule has 0 nitrogen and oxygen atoms in total. The Morgan fingerprint density at radius 2 is 0.375 bits per heavy atom. The standard InChI is InChI=1S/2Be.5FH.Rb/h;;5*1H;/q2*+2;;;;;;+1/p-5. The maximum atomic E-state index is 0. The molecule has 0 aliphatic carbocycles. The van der Waals surface area contributed by atoms with Crippen molar-refractivity contribution in [3.8, 4) is 0 Å². The molecule has 0 N–H and O–H groups in total. The second kappa shape index (κ2) is 166. The molecule has 0 heterocycles. The van der Waals surface area contributed by atoms with Crippen molar-refractivity contribution in [1.29, 1.82) is 0 Å². The van der Waals surface area contributed by atoms with Crippen molar-refractivity contribution >= 4 is 20.2 Å². The van der Waals surface area contributed by atoms with Crippen molar-refractivity contribution in [3.63, 3.8) is 0 Å². The monoisotopic (exact) mass is 198 g/mol. The maximum Gasteiger partial charge on any atom is 2.00 e. The van der Waals surface area contributed by atoms with E-state index in [1.165, 1.54) is 0 Å². The molecule has 0 aromatic rings. The van der Waals surface area contributed by atoms with Gasteiger partial charge >= 0.3 is 78.4 Å². The van der Waals surface area contributed by atoms with Crippen molar-refractivity contribution in [2.45, 2.75) is 0 Å². The molecule has 0 aromatic heterocycles. The van der Waals surface area contributed by atoms with Gasteiger partial charge in [0.2, 0.25) is 0 Å². The number of halogens is 5. The molecular formula is Be2F5Rb. The number of hydrogen-bond donors (Lipinski definition) is 0. The predicted octanol–water partition coefficient (Wildman–Crippen LogP) is -18.7. The SMILES string of the molecule is [Be+2].[Be+2].[F-].[F-].[F-].[F-].[F-].[Rb+]. The molecule has 0 unspecified atom stereocenters. The third-order valence-electron chi connectivity index (χ3n) is 0. The molecule has 0 aliphatic heterocycles. The Balaban J connectivity index is 0. The van der Waals surface area contributed by atoms with E-state index >= 15 is 0 Å². The first-order valence-electron chi connectivity index (χ1n) is 0. The second-order valence-corrected chi connectivity index (χ2v) is 0. The van der Waals surface area contributed by atoms with Crippen LogP contribution in [0.3, 0.4) is 0 Å². The molecule has 8 heteroatoms. The Morgan fingerprint density at radius 1 is 0.375 bits per heavy atom. The fraction of sp³-hybridized carbons (Fsp3) is 0.